The van der Waals surface area contributed by atoms with Crippen molar-refractivity contribution in [1.82, 2.24) is 0 Å². The Morgan fingerprint density at radius 1 is 1.03 bits per heavy atom. The number of hydrogen-bond donors (Lipinski definition) is 1. The standard InChI is InChI=1S/C28H48O3/c1-5-6-17-31-26(30)12-7-19(2)23-10-11-24-22-9-8-20-18-21(29)13-15-27(20,3)25(22)14-16-28(23,24)4/h19-25,29H,5-18H2,1-4H3/t19-,20-,21-,22+,23?,24+,25+,27+,28-/m1/s1. The number of unbranched alkanes of at least 4 members (excludes halogenated alkanes) is 1. The van der Waals surface area contributed by atoms with Crippen LogP contribution in [0.2, 0.25) is 0 Å². The Morgan fingerprint density at radius 3 is 2.55 bits per heavy atom. The van der Waals surface area contributed by atoms with E-state index in [1.165, 1.54) is 44.9 Å². The first kappa shape index (κ1) is 23.6. The number of hydrogen-bond acceptors (Lipinski definition) is 3. The van der Waals surface area contributed by atoms with Crippen LogP contribution >= 0.6 is 0 Å². The zero-order valence-electron chi connectivity index (χ0n) is 20.7. The predicted octanol–water partition coefficient (Wildman–Crippen LogP) is 6.77. The number of carbonyl (C=O) groups is 1. The van der Waals surface area contributed by atoms with Crippen LogP contribution < -0.4 is 0 Å². The van der Waals surface area contributed by atoms with Crippen molar-refractivity contribution >= 4 is 5.97 Å². The van der Waals surface area contributed by atoms with Gasteiger partial charge in [0, 0.05) is 6.42 Å². The number of aliphatic hydroxyl groups excluding tert-OH is 1. The summed E-state index contributed by atoms with van der Waals surface area (Å²) in [4.78, 5) is 12.1. The minimum absolute atomic E-state index is 0.00874. The second kappa shape index (κ2) is 9.35. The third-order valence-electron chi connectivity index (χ3n) is 11.0. The summed E-state index contributed by atoms with van der Waals surface area (Å²) in [6.07, 6.45) is 15.2. The molecule has 4 rings (SSSR count). The second-order valence-electron chi connectivity index (χ2n) is 12.4. The van der Waals surface area contributed by atoms with Gasteiger partial charge in [0.1, 0.15) is 0 Å². The normalized spacial score (nSPS) is 45.3. The second-order valence-corrected chi connectivity index (χ2v) is 12.4. The fourth-order valence-corrected chi connectivity index (χ4v) is 9.16. The molecule has 3 nitrogen and oxygen atoms in total. The molecule has 3 heteroatoms. The van der Waals surface area contributed by atoms with Gasteiger partial charge in [-0.2, -0.15) is 0 Å². The number of carbonyl (C=O) groups excluding carboxylic acids is 1. The molecular weight excluding hydrogens is 384 g/mol. The van der Waals surface area contributed by atoms with Gasteiger partial charge >= 0.3 is 5.97 Å². The van der Waals surface area contributed by atoms with E-state index in [-0.39, 0.29) is 12.1 Å². The van der Waals surface area contributed by atoms with Crippen molar-refractivity contribution in [3.63, 3.8) is 0 Å². The maximum Gasteiger partial charge on any atom is 0.305 e. The molecular formula is C28H48O3. The molecule has 0 aromatic rings. The summed E-state index contributed by atoms with van der Waals surface area (Å²) in [6, 6.07) is 0. The molecule has 0 aliphatic heterocycles. The summed E-state index contributed by atoms with van der Waals surface area (Å²) in [5.41, 5.74) is 0.930. The highest BCUT2D eigenvalue weighted by atomic mass is 16.5. The van der Waals surface area contributed by atoms with Gasteiger partial charge < -0.3 is 9.84 Å². The summed E-state index contributed by atoms with van der Waals surface area (Å²) in [6.45, 7) is 10.3. The molecule has 0 saturated heterocycles. The van der Waals surface area contributed by atoms with Crippen LogP contribution in [0.1, 0.15) is 111 Å². The quantitative estimate of drug-likeness (QED) is 0.357. The monoisotopic (exact) mass is 432 g/mol. The van der Waals surface area contributed by atoms with Crippen molar-refractivity contribution in [3.8, 4) is 0 Å². The summed E-state index contributed by atoms with van der Waals surface area (Å²) in [5, 5.41) is 10.3. The average Bonchev–Trinajstić information content (AvgIpc) is 3.10. The molecule has 1 unspecified atom stereocenters. The van der Waals surface area contributed by atoms with Crippen LogP contribution in [0.3, 0.4) is 0 Å². The van der Waals surface area contributed by atoms with E-state index >= 15 is 0 Å². The van der Waals surface area contributed by atoms with Crippen molar-refractivity contribution in [2.24, 2.45) is 46.3 Å². The van der Waals surface area contributed by atoms with E-state index in [0.29, 0.717) is 29.8 Å². The number of fused-ring (bicyclic) bond motifs is 5. The number of rotatable bonds is 7. The molecule has 4 saturated carbocycles. The Labute approximate surface area is 191 Å². The maximum absolute atomic E-state index is 12.1. The van der Waals surface area contributed by atoms with Crippen molar-refractivity contribution in [2.75, 3.05) is 6.61 Å². The summed E-state index contributed by atoms with van der Waals surface area (Å²) in [7, 11) is 0. The van der Waals surface area contributed by atoms with Crippen molar-refractivity contribution in [2.45, 2.75) is 117 Å². The van der Waals surface area contributed by atoms with Gasteiger partial charge in [0.2, 0.25) is 0 Å². The van der Waals surface area contributed by atoms with Gasteiger partial charge in [0.15, 0.2) is 0 Å². The van der Waals surface area contributed by atoms with Crippen LogP contribution in [-0.2, 0) is 9.53 Å². The Morgan fingerprint density at radius 2 is 1.77 bits per heavy atom. The molecule has 0 spiro atoms. The van der Waals surface area contributed by atoms with Crippen LogP contribution in [0.25, 0.3) is 0 Å². The average molecular weight is 433 g/mol. The molecule has 0 amide bonds. The zero-order chi connectivity index (χ0) is 22.2. The van der Waals surface area contributed by atoms with E-state index < -0.39 is 0 Å². The molecule has 0 aromatic heterocycles. The lowest BCUT2D eigenvalue weighted by Gasteiger charge is -2.61. The molecule has 4 fully saturated rings. The minimum atomic E-state index is -0.0474. The van der Waals surface area contributed by atoms with E-state index in [0.717, 1.165) is 61.7 Å². The predicted molar refractivity (Wildman–Crippen MR) is 125 cm³/mol. The van der Waals surface area contributed by atoms with Crippen LogP contribution in [-0.4, -0.2) is 23.8 Å². The first-order chi connectivity index (χ1) is 14.8. The molecule has 0 aromatic carbocycles. The van der Waals surface area contributed by atoms with Crippen LogP contribution in [0.15, 0.2) is 0 Å². The third-order valence-corrected chi connectivity index (χ3v) is 11.0. The highest BCUT2D eigenvalue weighted by molar-refractivity contribution is 5.69. The zero-order valence-corrected chi connectivity index (χ0v) is 20.7. The highest BCUT2D eigenvalue weighted by Gasteiger charge is 2.60. The van der Waals surface area contributed by atoms with Crippen molar-refractivity contribution in [1.29, 1.82) is 0 Å². The first-order valence-electron chi connectivity index (χ1n) is 13.6. The molecule has 0 radical (unpaired) electrons. The van der Waals surface area contributed by atoms with Gasteiger partial charge in [0.25, 0.3) is 0 Å². The minimum Gasteiger partial charge on any atom is -0.466 e. The lowest BCUT2D eigenvalue weighted by atomic mass is 9.44. The molecule has 4 aliphatic rings. The fourth-order valence-electron chi connectivity index (χ4n) is 9.16. The topological polar surface area (TPSA) is 46.5 Å². The largest absolute Gasteiger partial charge is 0.466 e. The number of esters is 1. The fraction of sp³-hybridized carbons (Fsp3) is 0.964. The molecule has 0 bridgehead atoms. The molecule has 4 aliphatic carbocycles. The van der Waals surface area contributed by atoms with Crippen LogP contribution in [0, 0.1) is 46.3 Å². The Bertz CT molecular complexity index is 632. The first-order valence-corrected chi connectivity index (χ1v) is 13.6. The number of aliphatic hydroxyl groups is 1. The molecule has 178 valence electrons. The molecule has 9 atom stereocenters. The summed E-state index contributed by atoms with van der Waals surface area (Å²) in [5.74, 6) is 4.78. The Kier molecular flexibility index (Phi) is 7.12. The van der Waals surface area contributed by atoms with E-state index in [2.05, 4.69) is 27.7 Å². The van der Waals surface area contributed by atoms with E-state index in [1.54, 1.807) is 0 Å². The van der Waals surface area contributed by atoms with Crippen molar-refractivity contribution in [3.05, 3.63) is 0 Å². The van der Waals surface area contributed by atoms with Gasteiger partial charge in [-0.3, -0.25) is 4.79 Å². The smallest absolute Gasteiger partial charge is 0.305 e. The van der Waals surface area contributed by atoms with Crippen LogP contribution in [0.4, 0.5) is 0 Å². The molecule has 0 heterocycles. The maximum atomic E-state index is 12.1. The molecule has 31 heavy (non-hydrogen) atoms. The summed E-state index contributed by atoms with van der Waals surface area (Å²) >= 11 is 0. The Hall–Kier alpha value is -0.570. The van der Waals surface area contributed by atoms with Gasteiger partial charge in [0.05, 0.1) is 12.7 Å². The van der Waals surface area contributed by atoms with Gasteiger partial charge in [-0.1, -0.05) is 34.1 Å². The van der Waals surface area contributed by atoms with Gasteiger partial charge in [-0.25, -0.2) is 0 Å². The van der Waals surface area contributed by atoms with Gasteiger partial charge in [-0.15, -0.1) is 0 Å². The lowest BCUT2D eigenvalue weighted by molar-refractivity contribution is -0.144. The van der Waals surface area contributed by atoms with Crippen LogP contribution in [0.5, 0.6) is 0 Å². The number of ether oxygens (including phenoxy) is 1. The van der Waals surface area contributed by atoms with E-state index in [4.69, 9.17) is 4.74 Å². The Balaban J connectivity index is 1.38. The van der Waals surface area contributed by atoms with E-state index in [9.17, 15) is 9.90 Å². The SMILES string of the molecule is CCCCOC(=O)CC[C@@H](C)C1CC[C@H]2[C@@H]3CC[C@@H]4C[C@H](O)CC[C@]4(C)[C@H]3CC[C@]12C. The van der Waals surface area contributed by atoms with Gasteiger partial charge in [-0.05, 0) is 117 Å². The lowest BCUT2D eigenvalue weighted by Crippen LogP contribution is -2.54. The third kappa shape index (κ3) is 4.34. The van der Waals surface area contributed by atoms with E-state index in [1.807, 2.05) is 0 Å². The summed E-state index contributed by atoms with van der Waals surface area (Å²) < 4.78 is 5.41. The highest BCUT2D eigenvalue weighted by Crippen LogP contribution is 2.68. The van der Waals surface area contributed by atoms with Crippen molar-refractivity contribution < 1.29 is 14.6 Å². The molecule has 1 N–H and O–H groups in total.